The first-order valence-corrected chi connectivity index (χ1v) is 12.2. The topological polar surface area (TPSA) is 72.5 Å². The number of hydrogen-bond donors (Lipinski definition) is 2. The van der Waals surface area contributed by atoms with Crippen LogP contribution in [0.3, 0.4) is 0 Å². The van der Waals surface area contributed by atoms with Crippen molar-refractivity contribution in [2.75, 3.05) is 10.6 Å². The third kappa shape index (κ3) is 7.28. The number of ether oxygens (including phenoxy) is 2. The molecule has 1 aromatic heterocycles. The summed E-state index contributed by atoms with van der Waals surface area (Å²) in [6.45, 7) is 6.00. The van der Waals surface area contributed by atoms with Crippen LogP contribution in [0.2, 0.25) is 0 Å². The molecule has 0 radical (unpaired) electrons. The summed E-state index contributed by atoms with van der Waals surface area (Å²) < 4.78 is 51.2. The first-order chi connectivity index (χ1) is 18.5. The van der Waals surface area contributed by atoms with Crippen molar-refractivity contribution in [2.45, 2.75) is 39.0 Å². The molecule has 0 bridgehead atoms. The van der Waals surface area contributed by atoms with E-state index >= 15 is 0 Å². The van der Waals surface area contributed by atoms with Gasteiger partial charge in [0.05, 0.1) is 5.56 Å². The van der Waals surface area contributed by atoms with E-state index in [9.17, 15) is 18.0 Å². The third-order valence-corrected chi connectivity index (χ3v) is 5.75. The van der Waals surface area contributed by atoms with E-state index in [1.165, 1.54) is 18.2 Å². The molecular weight excluding hydrogens is 507 g/mol. The van der Waals surface area contributed by atoms with Gasteiger partial charge in [0.2, 0.25) is 5.88 Å². The van der Waals surface area contributed by atoms with Gasteiger partial charge in [0, 0.05) is 23.0 Å². The van der Waals surface area contributed by atoms with E-state index in [-0.39, 0.29) is 23.5 Å². The number of anilines is 2. The lowest BCUT2D eigenvalue weighted by Gasteiger charge is -2.22. The Labute approximate surface area is 224 Å². The van der Waals surface area contributed by atoms with E-state index in [4.69, 9.17) is 9.47 Å². The molecule has 2 amide bonds. The highest BCUT2D eigenvalue weighted by Crippen LogP contribution is 2.36. The lowest BCUT2D eigenvalue weighted by atomic mass is 9.86. The van der Waals surface area contributed by atoms with Crippen LogP contribution in [-0.2, 0) is 18.2 Å². The molecule has 0 aliphatic carbocycles. The Kier molecular flexibility index (Phi) is 8.09. The molecule has 0 spiro atoms. The summed E-state index contributed by atoms with van der Waals surface area (Å²) in [5.74, 6) is 1.24. The highest BCUT2D eigenvalue weighted by Gasteiger charge is 2.33. The second kappa shape index (κ2) is 11.5. The standard InChI is InChI=1S/C30H28F3N3O3/c1-29(2,3)24-11-6-7-13-26(24)39-27-25(12-8-18-34-27)36-28(37)35-21-14-16-22(17-15-21)38-19-20-9-4-5-10-23(20)30(31,32)33/h4-18H,19H2,1-3H3,(H2,35,36,37). The maximum atomic E-state index is 13.2. The summed E-state index contributed by atoms with van der Waals surface area (Å²) in [5.41, 5.74) is 0.970. The summed E-state index contributed by atoms with van der Waals surface area (Å²) in [5, 5.41) is 5.45. The van der Waals surface area contributed by atoms with Gasteiger partial charge in [0.15, 0.2) is 0 Å². The van der Waals surface area contributed by atoms with Gasteiger partial charge < -0.3 is 20.1 Å². The lowest BCUT2D eigenvalue weighted by molar-refractivity contribution is -0.138. The Morgan fingerprint density at radius 1 is 0.821 bits per heavy atom. The fourth-order valence-electron chi connectivity index (χ4n) is 3.85. The smallest absolute Gasteiger partial charge is 0.416 e. The number of nitrogens with one attached hydrogen (secondary N) is 2. The van der Waals surface area contributed by atoms with E-state index in [2.05, 4.69) is 36.4 Å². The zero-order valence-corrected chi connectivity index (χ0v) is 21.7. The lowest BCUT2D eigenvalue weighted by Crippen LogP contribution is -2.20. The number of benzene rings is 3. The van der Waals surface area contributed by atoms with E-state index in [1.54, 1.807) is 42.6 Å². The van der Waals surface area contributed by atoms with Crippen LogP contribution < -0.4 is 20.1 Å². The molecular formula is C30H28F3N3O3. The maximum absolute atomic E-state index is 13.2. The second-order valence-electron chi connectivity index (χ2n) is 9.75. The van der Waals surface area contributed by atoms with Crippen molar-refractivity contribution in [3.05, 3.63) is 108 Å². The van der Waals surface area contributed by atoms with Crippen molar-refractivity contribution in [3.63, 3.8) is 0 Å². The van der Waals surface area contributed by atoms with Crippen LogP contribution in [-0.4, -0.2) is 11.0 Å². The number of pyridine rings is 1. The number of rotatable bonds is 7. The zero-order valence-electron chi connectivity index (χ0n) is 21.7. The molecule has 4 rings (SSSR count). The minimum absolute atomic E-state index is 0.0335. The van der Waals surface area contributed by atoms with Gasteiger partial charge in [-0.1, -0.05) is 57.2 Å². The summed E-state index contributed by atoms with van der Waals surface area (Å²) >= 11 is 0. The van der Waals surface area contributed by atoms with Gasteiger partial charge in [-0.05, 0) is 53.9 Å². The summed E-state index contributed by atoms with van der Waals surface area (Å²) in [4.78, 5) is 17.0. The van der Waals surface area contributed by atoms with Gasteiger partial charge in [-0.15, -0.1) is 0 Å². The molecule has 3 aromatic carbocycles. The predicted octanol–water partition coefficient (Wildman–Crippen LogP) is 8.41. The first kappa shape index (κ1) is 27.5. The monoisotopic (exact) mass is 535 g/mol. The fraction of sp³-hybridized carbons (Fsp3) is 0.200. The van der Waals surface area contributed by atoms with Gasteiger partial charge >= 0.3 is 12.2 Å². The molecule has 6 nitrogen and oxygen atoms in total. The number of alkyl halides is 3. The molecule has 202 valence electrons. The Bertz CT molecular complexity index is 1430. The largest absolute Gasteiger partial charge is 0.489 e. The summed E-state index contributed by atoms with van der Waals surface area (Å²) in [6, 6.07) is 22.1. The Morgan fingerprint density at radius 2 is 1.49 bits per heavy atom. The first-order valence-electron chi connectivity index (χ1n) is 12.2. The van der Waals surface area contributed by atoms with Gasteiger partial charge in [0.25, 0.3) is 0 Å². The molecule has 2 N–H and O–H groups in total. The Morgan fingerprint density at radius 3 is 2.18 bits per heavy atom. The van der Waals surface area contributed by atoms with Crippen molar-refractivity contribution < 1.29 is 27.4 Å². The maximum Gasteiger partial charge on any atom is 0.416 e. The van der Waals surface area contributed by atoms with Gasteiger partial charge in [0.1, 0.15) is 23.8 Å². The van der Waals surface area contributed by atoms with Crippen LogP contribution in [0, 0.1) is 0 Å². The van der Waals surface area contributed by atoms with Crippen molar-refractivity contribution in [3.8, 4) is 17.4 Å². The van der Waals surface area contributed by atoms with E-state index < -0.39 is 17.8 Å². The molecule has 0 aliphatic heterocycles. The average molecular weight is 536 g/mol. The van der Waals surface area contributed by atoms with Crippen molar-refractivity contribution >= 4 is 17.4 Å². The number of urea groups is 1. The van der Waals surface area contributed by atoms with Crippen LogP contribution in [0.5, 0.6) is 17.4 Å². The molecule has 0 saturated heterocycles. The number of aromatic nitrogens is 1. The minimum atomic E-state index is -4.46. The van der Waals surface area contributed by atoms with Crippen LogP contribution in [0.4, 0.5) is 29.3 Å². The number of carbonyl (C=O) groups excluding carboxylic acids is 1. The van der Waals surface area contributed by atoms with E-state index in [1.807, 2.05) is 24.3 Å². The normalized spacial score (nSPS) is 11.5. The molecule has 0 aliphatic rings. The van der Waals surface area contributed by atoms with Crippen molar-refractivity contribution in [2.24, 2.45) is 0 Å². The Balaban J connectivity index is 1.39. The molecule has 0 fully saturated rings. The molecule has 0 atom stereocenters. The molecule has 39 heavy (non-hydrogen) atoms. The average Bonchev–Trinajstić information content (AvgIpc) is 2.89. The number of para-hydroxylation sites is 1. The molecule has 9 heteroatoms. The second-order valence-corrected chi connectivity index (χ2v) is 9.75. The van der Waals surface area contributed by atoms with Crippen molar-refractivity contribution in [1.29, 1.82) is 0 Å². The van der Waals surface area contributed by atoms with Crippen LogP contribution in [0.15, 0.2) is 91.1 Å². The molecule has 1 heterocycles. The highest BCUT2D eigenvalue weighted by molar-refractivity contribution is 6.00. The van der Waals surface area contributed by atoms with E-state index in [0.29, 0.717) is 22.9 Å². The van der Waals surface area contributed by atoms with Crippen molar-refractivity contribution in [1.82, 2.24) is 4.98 Å². The number of amides is 2. The van der Waals surface area contributed by atoms with Gasteiger partial charge in [-0.2, -0.15) is 13.2 Å². The minimum Gasteiger partial charge on any atom is -0.489 e. The molecule has 0 unspecified atom stereocenters. The van der Waals surface area contributed by atoms with Gasteiger partial charge in [-0.3, -0.25) is 0 Å². The van der Waals surface area contributed by atoms with Crippen LogP contribution in [0.25, 0.3) is 0 Å². The molecule has 4 aromatic rings. The number of halogens is 3. The number of carbonyl (C=O) groups is 1. The number of nitrogens with zero attached hydrogens (tertiary/aromatic N) is 1. The summed E-state index contributed by atoms with van der Waals surface area (Å²) in [6.07, 6.45) is -2.89. The number of hydrogen-bond acceptors (Lipinski definition) is 4. The van der Waals surface area contributed by atoms with Crippen LogP contribution in [0.1, 0.15) is 37.5 Å². The van der Waals surface area contributed by atoms with Crippen LogP contribution >= 0.6 is 0 Å². The predicted molar refractivity (Wildman–Crippen MR) is 144 cm³/mol. The SMILES string of the molecule is CC(C)(C)c1ccccc1Oc1ncccc1NC(=O)Nc1ccc(OCc2ccccc2C(F)(F)F)cc1. The van der Waals surface area contributed by atoms with Gasteiger partial charge in [-0.25, -0.2) is 9.78 Å². The third-order valence-electron chi connectivity index (χ3n) is 5.75. The highest BCUT2D eigenvalue weighted by atomic mass is 19.4. The quantitative estimate of drug-likeness (QED) is 0.249. The Hall–Kier alpha value is -4.53. The zero-order chi connectivity index (χ0) is 28.0. The molecule has 0 saturated carbocycles. The summed E-state index contributed by atoms with van der Waals surface area (Å²) in [7, 11) is 0. The van der Waals surface area contributed by atoms with E-state index in [0.717, 1.165) is 11.6 Å². The fourth-order valence-corrected chi connectivity index (χ4v) is 3.85.